The minimum atomic E-state index is 0.0695. The minimum Gasteiger partial charge on any atom is -0.360 e. The predicted molar refractivity (Wildman–Crippen MR) is 122 cm³/mol. The Morgan fingerprint density at radius 1 is 1.03 bits per heavy atom. The van der Waals surface area contributed by atoms with Gasteiger partial charge in [-0.05, 0) is 49.1 Å². The van der Waals surface area contributed by atoms with Crippen LogP contribution in [0.25, 0.3) is 10.9 Å². The molecule has 2 heterocycles. The number of H-pyrrole nitrogens is 1. The van der Waals surface area contributed by atoms with E-state index in [4.69, 9.17) is 0 Å². The van der Waals surface area contributed by atoms with E-state index in [1.54, 1.807) is 0 Å². The van der Waals surface area contributed by atoms with Crippen LogP contribution in [0.2, 0.25) is 0 Å². The number of hydrogen-bond donors (Lipinski definition) is 1. The Labute approximate surface area is 178 Å². The van der Waals surface area contributed by atoms with Crippen LogP contribution < -0.4 is 0 Å². The van der Waals surface area contributed by atoms with Crippen molar-refractivity contribution in [3.8, 4) is 0 Å². The number of aromatic nitrogens is 1. The topological polar surface area (TPSA) is 39.3 Å². The number of amides is 1. The molecule has 2 aromatic carbocycles. The van der Waals surface area contributed by atoms with Gasteiger partial charge in [0.05, 0.1) is 11.1 Å². The lowest BCUT2D eigenvalue weighted by molar-refractivity contribution is 0.0666. The van der Waals surface area contributed by atoms with Crippen molar-refractivity contribution >= 4 is 16.8 Å². The Morgan fingerprint density at radius 2 is 1.77 bits per heavy atom. The van der Waals surface area contributed by atoms with Crippen LogP contribution in [-0.2, 0) is 11.8 Å². The molecule has 1 aromatic heterocycles. The molecule has 4 heteroatoms. The second kappa shape index (κ2) is 7.59. The number of aryl methyl sites for hydroxylation is 1. The number of carbonyl (C=O) groups is 1. The first-order valence-electron chi connectivity index (χ1n) is 11.3. The Bertz CT molecular complexity index is 1050. The largest absolute Gasteiger partial charge is 0.360 e. The zero-order chi connectivity index (χ0) is 20.7. The number of rotatable bonds is 4. The Balaban J connectivity index is 1.53. The van der Waals surface area contributed by atoms with E-state index in [1.807, 2.05) is 11.0 Å². The molecular formula is C26H31N3O. The number of fused-ring (bicyclic) bond motifs is 1. The molecule has 0 atom stereocenters. The second-order valence-corrected chi connectivity index (χ2v) is 9.01. The molecule has 5 rings (SSSR count). The van der Waals surface area contributed by atoms with E-state index >= 15 is 0 Å². The Hall–Kier alpha value is -2.59. The van der Waals surface area contributed by atoms with Gasteiger partial charge in [0.2, 0.25) is 0 Å². The fourth-order valence-corrected chi connectivity index (χ4v) is 5.21. The average molecular weight is 402 g/mol. The summed E-state index contributed by atoms with van der Waals surface area (Å²) in [4.78, 5) is 21.1. The van der Waals surface area contributed by atoms with E-state index in [-0.39, 0.29) is 11.3 Å². The SMILES string of the molecule is CCc1ccc(C2(c3c[nH]c4c(C(=O)N5CCN(C)CC5)cccc34)CCC2)cc1. The normalized spacial score (nSPS) is 19.1. The average Bonchev–Trinajstić information content (AvgIpc) is 3.18. The molecule has 0 bridgehead atoms. The zero-order valence-corrected chi connectivity index (χ0v) is 18.1. The molecule has 1 saturated heterocycles. The maximum absolute atomic E-state index is 13.3. The van der Waals surface area contributed by atoms with E-state index in [0.717, 1.165) is 43.7 Å². The predicted octanol–water partition coefficient (Wildman–Crippen LogP) is 4.59. The zero-order valence-electron chi connectivity index (χ0n) is 18.1. The summed E-state index contributed by atoms with van der Waals surface area (Å²) in [6.45, 7) is 5.68. The molecule has 30 heavy (non-hydrogen) atoms. The summed E-state index contributed by atoms with van der Waals surface area (Å²) < 4.78 is 0. The van der Waals surface area contributed by atoms with Gasteiger partial charge in [-0.3, -0.25) is 4.79 Å². The van der Waals surface area contributed by atoms with Gasteiger partial charge in [-0.1, -0.05) is 49.7 Å². The quantitative estimate of drug-likeness (QED) is 0.695. The highest BCUT2D eigenvalue weighted by molar-refractivity contribution is 6.06. The van der Waals surface area contributed by atoms with Crippen LogP contribution in [0.15, 0.2) is 48.7 Å². The summed E-state index contributed by atoms with van der Waals surface area (Å²) in [6, 6.07) is 15.4. The molecule has 3 aromatic rings. The van der Waals surface area contributed by atoms with Gasteiger partial charge < -0.3 is 14.8 Å². The van der Waals surface area contributed by atoms with Gasteiger partial charge in [0.25, 0.3) is 5.91 Å². The van der Waals surface area contributed by atoms with Crippen LogP contribution in [0.5, 0.6) is 0 Å². The van der Waals surface area contributed by atoms with Gasteiger partial charge in [-0.25, -0.2) is 0 Å². The van der Waals surface area contributed by atoms with Crippen molar-refractivity contribution < 1.29 is 4.79 Å². The summed E-state index contributed by atoms with van der Waals surface area (Å²) in [5.41, 5.74) is 6.00. The van der Waals surface area contributed by atoms with Gasteiger partial charge >= 0.3 is 0 Å². The van der Waals surface area contributed by atoms with E-state index in [9.17, 15) is 4.79 Å². The van der Waals surface area contributed by atoms with Gasteiger partial charge in [0, 0.05) is 43.2 Å². The molecule has 1 aliphatic heterocycles. The highest BCUT2D eigenvalue weighted by Gasteiger charge is 2.42. The van der Waals surface area contributed by atoms with Crippen molar-refractivity contribution in [1.29, 1.82) is 0 Å². The van der Waals surface area contributed by atoms with Gasteiger partial charge in [0.15, 0.2) is 0 Å². The number of piperazine rings is 1. The fraction of sp³-hybridized carbons (Fsp3) is 0.423. The van der Waals surface area contributed by atoms with Crippen LogP contribution in [-0.4, -0.2) is 53.9 Å². The molecular weight excluding hydrogens is 370 g/mol. The molecule has 4 nitrogen and oxygen atoms in total. The molecule has 1 aliphatic carbocycles. The number of nitrogens with zero attached hydrogens (tertiary/aromatic N) is 2. The number of carbonyl (C=O) groups excluding carboxylic acids is 1. The lowest BCUT2D eigenvalue weighted by Gasteiger charge is -2.43. The third kappa shape index (κ3) is 3.05. The number of benzene rings is 2. The highest BCUT2D eigenvalue weighted by Crippen LogP contribution is 2.51. The number of nitrogens with one attached hydrogen (secondary N) is 1. The number of aromatic amines is 1. The summed E-state index contributed by atoms with van der Waals surface area (Å²) in [6.07, 6.45) is 6.82. The van der Waals surface area contributed by atoms with Crippen molar-refractivity contribution in [1.82, 2.24) is 14.8 Å². The summed E-state index contributed by atoms with van der Waals surface area (Å²) >= 11 is 0. The molecule has 0 spiro atoms. The standard InChI is InChI=1S/C26H31N3O/c1-3-19-8-10-20(11-9-19)26(12-5-13-26)23-18-27-24-21(23)6-4-7-22(24)25(30)29-16-14-28(2)15-17-29/h4,6-11,18,27H,3,5,12-17H2,1-2H3. The fourth-order valence-electron chi connectivity index (χ4n) is 5.21. The van der Waals surface area contributed by atoms with Gasteiger partial charge in [-0.15, -0.1) is 0 Å². The van der Waals surface area contributed by atoms with Gasteiger partial charge in [0.1, 0.15) is 0 Å². The van der Waals surface area contributed by atoms with Crippen LogP contribution in [0, 0.1) is 0 Å². The first kappa shape index (κ1) is 19.4. The first-order valence-corrected chi connectivity index (χ1v) is 11.3. The molecule has 156 valence electrons. The number of hydrogen-bond acceptors (Lipinski definition) is 2. The molecule has 1 amide bonds. The monoisotopic (exact) mass is 401 g/mol. The van der Waals surface area contributed by atoms with Gasteiger partial charge in [-0.2, -0.15) is 0 Å². The Morgan fingerprint density at radius 3 is 2.40 bits per heavy atom. The lowest BCUT2D eigenvalue weighted by atomic mass is 9.60. The summed E-state index contributed by atoms with van der Waals surface area (Å²) in [5.74, 6) is 0.150. The minimum absolute atomic E-state index is 0.0695. The third-order valence-electron chi connectivity index (χ3n) is 7.37. The Kier molecular flexibility index (Phi) is 4.90. The second-order valence-electron chi connectivity index (χ2n) is 9.01. The maximum atomic E-state index is 13.3. The first-order chi connectivity index (χ1) is 14.6. The van der Waals surface area contributed by atoms with E-state index < -0.39 is 0 Å². The smallest absolute Gasteiger partial charge is 0.256 e. The summed E-state index contributed by atoms with van der Waals surface area (Å²) in [7, 11) is 2.12. The maximum Gasteiger partial charge on any atom is 0.256 e. The third-order valence-corrected chi connectivity index (χ3v) is 7.37. The van der Waals surface area contributed by atoms with Crippen LogP contribution in [0.4, 0.5) is 0 Å². The van der Waals surface area contributed by atoms with Crippen molar-refractivity contribution in [3.63, 3.8) is 0 Å². The lowest BCUT2D eigenvalue weighted by Crippen LogP contribution is -2.47. The molecule has 1 N–H and O–H groups in total. The molecule has 0 radical (unpaired) electrons. The van der Waals surface area contributed by atoms with Crippen LogP contribution in [0.1, 0.15) is 53.2 Å². The van der Waals surface area contributed by atoms with Crippen molar-refractivity contribution in [2.45, 2.75) is 38.0 Å². The number of para-hydroxylation sites is 1. The van der Waals surface area contributed by atoms with E-state index in [2.05, 4.69) is 66.5 Å². The summed E-state index contributed by atoms with van der Waals surface area (Å²) in [5, 5.41) is 1.20. The molecule has 2 fully saturated rings. The molecule has 2 aliphatic rings. The highest BCUT2D eigenvalue weighted by atomic mass is 16.2. The number of likely N-dealkylation sites (N-methyl/N-ethyl adjacent to an activating group) is 1. The molecule has 1 saturated carbocycles. The van der Waals surface area contributed by atoms with Crippen molar-refractivity contribution in [3.05, 3.63) is 70.9 Å². The van der Waals surface area contributed by atoms with Crippen molar-refractivity contribution in [2.24, 2.45) is 0 Å². The van der Waals surface area contributed by atoms with Crippen molar-refractivity contribution in [2.75, 3.05) is 33.2 Å². The van der Waals surface area contributed by atoms with Crippen LogP contribution in [0.3, 0.4) is 0 Å². The van der Waals surface area contributed by atoms with E-state index in [1.165, 1.54) is 41.3 Å². The van der Waals surface area contributed by atoms with E-state index in [0.29, 0.717) is 0 Å². The molecule has 0 unspecified atom stereocenters. The van der Waals surface area contributed by atoms with Crippen LogP contribution >= 0.6 is 0 Å².